The second kappa shape index (κ2) is 5.33. The predicted molar refractivity (Wildman–Crippen MR) is 67.6 cm³/mol. The summed E-state index contributed by atoms with van der Waals surface area (Å²) < 4.78 is 0. The first-order valence-corrected chi connectivity index (χ1v) is 6.15. The summed E-state index contributed by atoms with van der Waals surface area (Å²) in [6.07, 6.45) is 3.33. The maximum absolute atomic E-state index is 11.7. The molecule has 0 aliphatic heterocycles. The largest absolute Gasteiger partial charge is 0.387 e. The molecule has 0 radical (unpaired) electrons. The molecule has 1 saturated carbocycles. The number of aliphatic hydroxyl groups is 1. The summed E-state index contributed by atoms with van der Waals surface area (Å²) in [6.45, 7) is 2.50. The Kier molecular flexibility index (Phi) is 4.52. The zero-order valence-corrected chi connectivity index (χ0v) is 11.1. The molecule has 1 aliphatic rings. The number of nitrogens with one attached hydrogen (secondary N) is 1. The van der Waals surface area contributed by atoms with Crippen LogP contribution in [-0.2, 0) is 4.79 Å². The summed E-state index contributed by atoms with van der Waals surface area (Å²) in [4.78, 5) is 13.6. The van der Waals surface area contributed by atoms with Crippen LogP contribution >= 0.6 is 0 Å². The highest BCUT2D eigenvalue weighted by molar-refractivity contribution is 5.77. The Morgan fingerprint density at radius 1 is 1.53 bits per heavy atom. The van der Waals surface area contributed by atoms with E-state index in [1.54, 1.807) is 6.92 Å². The van der Waals surface area contributed by atoms with E-state index < -0.39 is 5.60 Å². The molecule has 0 heterocycles. The second-order valence-corrected chi connectivity index (χ2v) is 5.90. The number of hydrogen-bond acceptors (Lipinski definition) is 4. The van der Waals surface area contributed by atoms with Gasteiger partial charge in [-0.25, -0.2) is 0 Å². The summed E-state index contributed by atoms with van der Waals surface area (Å²) in [5.41, 5.74) is 4.80. The molecule has 1 fully saturated rings. The summed E-state index contributed by atoms with van der Waals surface area (Å²) >= 11 is 0. The van der Waals surface area contributed by atoms with Crippen LogP contribution in [0.3, 0.4) is 0 Å². The molecule has 5 heteroatoms. The Morgan fingerprint density at radius 3 is 2.53 bits per heavy atom. The molecule has 0 aromatic rings. The van der Waals surface area contributed by atoms with Gasteiger partial charge in [-0.2, -0.15) is 0 Å². The lowest BCUT2D eigenvalue weighted by Gasteiger charge is -2.37. The van der Waals surface area contributed by atoms with Gasteiger partial charge in [-0.3, -0.25) is 4.79 Å². The van der Waals surface area contributed by atoms with Crippen LogP contribution in [0.5, 0.6) is 0 Å². The Hall–Kier alpha value is -0.650. The molecule has 1 unspecified atom stereocenters. The highest BCUT2D eigenvalue weighted by Gasteiger charge is 2.35. The van der Waals surface area contributed by atoms with E-state index >= 15 is 0 Å². The van der Waals surface area contributed by atoms with Crippen LogP contribution in [-0.4, -0.2) is 54.2 Å². The molecule has 0 saturated heterocycles. The third-order valence-corrected chi connectivity index (χ3v) is 3.19. The van der Waals surface area contributed by atoms with Crippen molar-refractivity contribution in [2.45, 2.75) is 43.7 Å². The van der Waals surface area contributed by atoms with Crippen LogP contribution in [0.25, 0.3) is 0 Å². The minimum absolute atomic E-state index is 0.0637. The summed E-state index contributed by atoms with van der Waals surface area (Å²) in [6, 6.07) is 0. The van der Waals surface area contributed by atoms with Gasteiger partial charge in [-0.05, 0) is 40.3 Å². The van der Waals surface area contributed by atoms with E-state index in [1.807, 2.05) is 19.0 Å². The highest BCUT2D eigenvalue weighted by atomic mass is 16.3. The predicted octanol–water partition coefficient (Wildman–Crippen LogP) is -0.313. The van der Waals surface area contributed by atoms with Crippen molar-refractivity contribution in [1.29, 1.82) is 0 Å². The monoisotopic (exact) mass is 243 g/mol. The highest BCUT2D eigenvalue weighted by Crippen LogP contribution is 2.31. The Bertz CT molecular complexity index is 273. The van der Waals surface area contributed by atoms with Crippen molar-refractivity contribution in [3.8, 4) is 0 Å². The SMILES string of the molecule is CN(C)CC(C)(O)CNC(=O)CC1(N)CCC1. The van der Waals surface area contributed by atoms with Crippen molar-refractivity contribution in [2.75, 3.05) is 27.2 Å². The van der Waals surface area contributed by atoms with E-state index in [9.17, 15) is 9.90 Å². The fourth-order valence-corrected chi connectivity index (χ4v) is 2.22. The van der Waals surface area contributed by atoms with E-state index in [2.05, 4.69) is 5.32 Å². The minimum Gasteiger partial charge on any atom is -0.387 e. The number of likely N-dealkylation sites (N-methyl/N-ethyl adjacent to an activating group) is 1. The van der Waals surface area contributed by atoms with Crippen molar-refractivity contribution in [3.63, 3.8) is 0 Å². The van der Waals surface area contributed by atoms with E-state index in [0.717, 1.165) is 19.3 Å². The van der Waals surface area contributed by atoms with E-state index in [4.69, 9.17) is 5.73 Å². The minimum atomic E-state index is -0.902. The van der Waals surface area contributed by atoms with Gasteiger partial charge in [-0.1, -0.05) is 0 Å². The van der Waals surface area contributed by atoms with Crippen molar-refractivity contribution in [1.82, 2.24) is 10.2 Å². The molecular formula is C12H25N3O2. The fourth-order valence-electron chi connectivity index (χ4n) is 2.22. The van der Waals surface area contributed by atoms with Crippen LogP contribution in [0.2, 0.25) is 0 Å². The molecule has 0 bridgehead atoms. The molecule has 0 aromatic carbocycles. The smallest absolute Gasteiger partial charge is 0.221 e. The van der Waals surface area contributed by atoms with Crippen LogP contribution in [0.1, 0.15) is 32.6 Å². The lowest BCUT2D eigenvalue weighted by atomic mass is 9.75. The Morgan fingerprint density at radius 2 is 2.12 bits per heavy atom. The molecular weight excluding hydrogens is 218 g/mol. The van der Waals surface area contributed by atoms with Crippen molar-refractivity contribution >= 4 is 5.91 Å². The number of nitrogens with zero attached hydrogens (tertiary/aromatic N) is 1. The van der Waals surface area contributed by atoms with Gasteiger partial charge in [-0.15, -0.1) is 0 Å². The summed E-state index contributed by atoms with van der Waals surface area (Å²) in [5, 5.41) is 12.8. The molecule has 17 heavy (non-hydrogen) atoms. The van der Waals surface area contributed by atoms with Crippen LogP contribution in [0.15, 0.2) is 0 Å². The zero-order valence-electron chi connectivity index (χ0n) is 11.1. The average molecular weight is 243 g/mol. The van der Waals surface area contributed by atoms with Gasteiger partial charge in [0.15, 0.2) is 0 Å². The van der Waals surface area contributed by atoms with Gasteiger partial charge < -0.3 is 21.1 Å². The van der Waals surface area contributed by atoms with Crippen LogP contribution in [0, 0.1) is 0 Å². The van der Waals surface area contributed by atoms with Gasteiger partial charge >= 0.3 is 0 Å². The standard InChI is InChI=1S/C12H25N3O2/c1-11(17,9-15(2)3)8-14-10(16)7-12(13)5-4-6-12/h17H,4-9,13H2,1-3H3,(H,14,16). The van der Waals surface area contributed by atoms with Gasteiger partial charge in [0.25, 0.3) is 0 Å². The second-order valence-electron chi connectivity index (χ2n) is 5.90. The maximum Gasteiger partial charge on any atom is 0.221 e. The van der Waals surface area contributed by atoms with E-state index in [-0.39, 0.29) is 18.0 Å². The van der Waals surface area contributed by atoms with Crippen molar-refractivity contribution in [2.24, 2.45) is 5.73 Å². The molecule has 1 aliphatic carbocycles. The first-order valence-electron chi connectivity index (χ1n) is 6.15. The zero-order chi connectivity index (χ0) is 13.1. The molecule has 0 spiro atoms. The first kappa shape index (κ1) is 14.4. The molecule has 5 nitrogen and oxygen atoms in total. The van der Waals surface area contributed by atoms with Crippen LogP contribution < -0.4 is 11.1 Å². The third kappa shape index (κ3) is 5.02. The number of carbonyl (C=O) groups is 1. The third-order valence-electron chi connectivity index (χ3n) is 3.19. The van der Waals surface area contributed by atoms with Crippen molar-refractivity contribution < 1.29 is 9.90 Å². The van der Waals surface area contributed by atoms with Gasteiger partial charge in [0.1, 0.15) is 0 Å². The number of carbonyl (C=O) groups excluding carboxylic acids is 1. The van der Waals surface area contributed by atoms with Gasteiger partial charge in [0, 0.05) is 25.0 Å². The topological polar surface area (TPSA) is 78.6 Å². The van der Waals surface area contributed by atoms with E-state index in [1.165, 1.54) is 0 Å². The number of hydrogen-bond donors (Lipinski definition) is 3. The molecule has 100 valence electrons. The lowest BCUT2D eigenvalue weighted by molar-refractivity contribution is -0.124. The molecule has 1 atom stereocenters. The summed E-state index contributed by atoms with van der Waals surface area (Å²) in [7, 11) is 3.78. The summed E-state index contributed by atoms with van der Waals surface area (Å²) in [5.74, 6) is -0.0637. The maximum atomic E-state index is 11.7. The Balaban J connectivity index is 2.27. The number of rotatable bonds is 6. The number of nitrogens with two attached hydrogens (primary N) is 1. The normalized spacial score (nSPS) is 21.8. The molecule has 1 rings (SSSR count). The van der Waals surface area contributed by atoms with Gasteiger partial charge in [0.2, 0.25) is 5.91 Å². The van der Waals surface area contributed by atoms with E-state index in [0.29, 0.717) is 13.0 Å². The lowest BCUT2D eigenvalue weighted by Crippen LogP contribution is -2.52. The fraction of sp³-hybridized carbons (Fsp3) is 0.917. The number of amides is 1. The molecule has 0 aromatic heterocycles. The van der Waals surface area contributed by atoms with Crippen LogP contribution in [0.4, 0.5) is 0 Å². The quantitative estimate of drug-likeness (QED) is 0.598. The Labute approximate surface area is 103 Å². The molecule has 4 N–H and O–H groups in total. The van der Waals surface area contributed by atoms with Crippen molar-refractivity contribution in [3.05, 3.63) is 0 Å². The molecule has 1 amide bonds. The first-order chi connectivity index (χ1) is 7.72. The van der Waals surface area contributed by atoms with Gasteiger partial charge in [0.05, 0.1) is 5.60 Å². The average Bonchev–Trinajstić information content (AvgIpc) is 2.10.